The molecule has 1 aromatic carbocycles. The molecule has 0 unspecified atom stereocenters. The number of hydrogen-bond acceptors (Lipinski definition) is 4. The monoisotopic (exact) mass is 258 g/mol. The van der Waals surface area contributed by atoms with Gasteiger partial charge in [0.15, 0.2) is 6.10 Å². The van der Waals surface area contributed by atoms with E-state index in [4.69, 9.17) is 9.15 Å². The Bertz CT molecular complexity index is 519. The van der Waals surface area contributed by atoms with E-state index in [0.717, 1.165) is 25.3 Å². The van der Waals surface area contributed by atoms with Crippen molar-refractivity contribution in [2.24, 2.45) is 5.92 Å². The molecule has 1 N–H and O–H groups in total. The first-order valence-electron chi connectivity index (χ1n) is 6.66. The van der Waals surface area contributed by atoms with Gasteiger partial charge in [-0.2, -0.15) is 0 Å². The topological polar surface area (TPSA) is 47.3 Å². The molecule has 0 amide bonds. The second-order valence-corrected chi connectivity index (χ2v) is 4.98. The van der Waals surface area contributed by atoms with Crippen LogP contribution in [0.3, 0.4) is 0 Å². The molecule has 1 saturated heterocycles. The SMILES string of the molecule is Cc1cccc(O[C@H](c2ncco2)[C@@H]2CCNC2)c1. The van der Waals surface area contributed by atoms with Gasteiger partial charge < -0.3 is 14.5 Å². The molecule has 2 heterocycles. The van der Waals surface area contributed by atoms with Gasteiger partial charge in [0.05, 0.1) is 6.20 Å². The lowest BCUT2D eigenvalue weighted by molar-refractivity contribution is 0.114. The summed E-state index contributed by atoms with van der Waals surface area (Å²) in [7, 11) is 0. The number of rotatable bonds is 4. The summed E-state index contributed by atoms with van der Waals surface area (Å²) in [6.45, 7) is 4.03. The van der Waals surface area contributed by atoms with Crippen LogP contribution in [-0.2, 0) is 0 Å². The van der Waals surface area contributed by atoms with Crippen LogP contribution >= 0.6 is 0 Å². The van der Waals surface area contributed by atoms with Crippen LogP contribution in [0.15, 0.2) is 41.1 Å². The van der Waals surface area contributed by atoms with E-state index in [2.05, 4.69) is 23.3 Å². The summed E-state index contributed by atoms with van der Waals surface area (Å²) >= 11 is 0. The fourth-order valence-corrected chi connectivity index (χ4v) is 2.49. The first-order valence-corrected chi connectivity index (χ1v) is 6.66. The van der Waals surface area contributed by atoms with E-state index in [1.807, 2.05) is 18.2 Å². The largest absolute Gasteiger partial charge is 0.480 e. The van der Waals surface area contributed by atoms with Gasteiger partial charge in [0.1, 0.15) is 12.0 Å². The van der Waals surface area contributed by atoms with Crippen molar-refractivity contribution in [3.8, 4) is 5.75 Å². The minimum Gasteiger partial charge on any atom is -0.480 e. The number of nitrogens with zero attached hydrogens (tertiary/aromatic N) is 1. The van der Waals surface area contributed by atoms with E-state index in [9.17, 15) is 0 Å². The predicted molar refractivity (Wildman–Crippen MR) is 72.0 cm³/mol. The number of hydrogen-bond donors (Lipinski definition) is 1. The predicted octanol–water partition coefficient (Wildman–Crippen LogP) is 2.71. The average molecular weight is 258 g/mol. The van der Waals surface area contributed by atoms with E-state index in [1.165, 1.54) is 5.56 Å². The van der Waals surface area contributed by atoms with Gasteiger partial charge in [-0.25, -0.2) is 4.98 Å². The second kappa shape index (κ2) is 5.45. The van der Waals surface area contributed by atoms with Gasteiger partial charge in [0.25, 0.3) is 0 Å². The zero-order chi connectivity index (χ0) is 13.1. The van der Waals surface area contributed by atoms with E-state index in [0.29, 0.717) is 11.8 Å². The van der Waals surface area contributed by atoms with Crippen LogP contribution in [0.1, 0.15) is 24.0 Å². The van der Waals surface area contributed by atoms with Gasteiger partial charge in [-0.15, -0.1) is 0 Å². The van der Waals surface area contributed by atoms with Crippen LogP contribution in [0.2, 0.25) is 0 Å². The standard InChI is InChI=1S/C15H18N2O2/c1-11-3-2-4-13(9-11)19-14(12-5-6-16-10-12)15-17-7-8-18-15/h2-4,7-9,12,14,16H,5-6,10H2,1H3/t12-,14+/m1/s1. The van der Waals surface area contributed by atoms with Crippen molar-refractivity contribution in [3.05, 3.63) is 48.2 Å². The molecular weight excluding hydrogens is 240 g/mol. The summed E-state index contributed by atoms with van der Waals surface area (Å²) in [6.07, 6.45) is 4.24. The molecule has 4 heteroatoms. The molecule has 0 bridgehead atoms. The Morgan fingerprint density at radius 2 is 2.42 bits per heavy atom. The Hall–Kier alpha value is -1.81. The van der Waals surface area contributed by atoms with Crippen LogP contribution in [-0.4, -0.2) is 18.1 Å². The molecule has 1 aliphatic rings. The van der Waals surface area contributed by atoms with E-state index >= 15 is 0 Å². The summed E-state index contributed by atoms with van der Waals surface area (Å²) in [5.74, 6) is 1.93. The van der Waals surface area contributed by atoms with Gasteiger partial charge in [-0.05, 0) is 37.6 Å². The molecule has 100 valence electrons. The third-order valence-electron chi connectivity index (χ3n) is 3.47. The maximum absolute atomic E-state index is 6.13. The van der Waals surface area contributed by atoms with E-state index in [-0.39, 0.29) is 6.10 Å². The lowest BCUT2D eigenvalue weighted by Gasteiger charge is -2.21. The molecule has 4 nitrogen and oxygen atoms in total. The number of benzene rings is 1. The lowest BCUT2D eigenvalue weighted by atomic mass is 10.0. The van der Waals surface area contributed by atoms with Crippen molar-refractivity contribution < 1.29 is 9.15 Å². The smallest absolute Gasteiger partial charge is 0.235 e. The van der Waals surface area contributed by atoms with Gasteiger partial charge in [-0.1, -0.05) is 12.1 Å². The van der Waals surface area contributed by atoms with Crippen molar-refractivity contribution in [1.29, 1.82) is 0 Å². The number of aromatic nitrogens is 1. The normalized spacial score (nSPS) is 20.4. The highest BCUT2D eigenvalue weighted by molar-refractivity contribution is 5.28. The number of aryl methyl sites for hydroxylation is 1. The van der Waals surface area contributed by atoms with E-state index in [1.54, 1.807) is 12.5 Å². The fraction of sp³-hybridized carbons (Fsp3) is 0.400. The molecule has 0 spiro atoms. The Kier molecular flexibility index (Phi) is 3.51. The zero-order valence-corrected chi connectivity index (χ0v) is 11.0. The van der Waals surface area contributed by atoms with Gasteiger partial charge >= 0.3 is 0 Å². The molecule has 2 aromatic rings. The molecule has 1 aliphatic heterocycles. The van der Waals surface area contributed by atoms with Crippen LogP contribution in [0.25, 0.3) is 0 Å². The molecule has 3 rings (SSSR count). The maximum Gasteiger partial charge on any atom is 0.235 e. The van der Waals surface area contributed by atoms with Crippen LogP contribution < -0.4 is 10.1 Å². The Labute approximate surface area is 112 Å². The number of ether oxygens (including phenoxy) is 1. The van der Waals surface area contributed by atoms with Crippen molar-refractivity contribution in [2.75, 3.05) is 13.1 Å². The second-order valence-electron chi connectivity index (χ2n) is 4.98. The molecule has 1 aromatic heterocycles. The van der Waals surface area contributed by atoms with Crippen LogP contribution in [0.5, 0.6) is 5.75 Å². The Morgan fingerprint density at radius 3 is 3.11 bits per heavy atom. The van der Waals surface area contributed by atoms with Crippen LogP contribution in [0, 0.1) is 12.8 Å². The molecule has 0 aliphatic carbocycles. The summed E-state index contributed by atoms with van der Waals surface area (Å²) in [4.78, 5) is 4.26. The summed E-state index contributed by atoms with van der Waals surface area (Å²) < 4.78 is 11.6. The van der Waals surface area contributed by atoms with Crippen LogP contribution in [0.4, 0.5) is 0 Å². The Balaban J connectivity index is 1.83. The van der Waals surface area contributed by atoms with Crippen molar-refractivity contribution in [3.63, 3.8) is 0 Å². The fourth-order valence-electron chi connectivity index (χ4n) is 2.49. The molecule has 2 atom stereocenters. The summed E-state index contributed by atoms with van der Waals surface area (Å²) in [5, 5.41) is 3.36. The minimum absolute atomic E-state index is 0.119. The molecule has 0 radical (unpaired) electrons. The Morgan fingerprint density at radius 1 is 1.47 bits per heavy atom. The van der Waals surface area contributed by atoms with Gasteiger partial charge in [0.2, 0.25) is 5.89 Å². The summed E-state index contributed by atoms with van der Waals surface area (Å²) in [5.41, 5.74) is 1.19. The highest BCUT2D eigenvalue weighted by atomic mass is 16.5. The first-order chi connectivity index (χ1) is 9.33. The number of nitrogens with one attached hydrogen (secondary N) is 1. The maximum atomic E-state index is 6.13. The van der Waals surface area contributed by atoms with Gasteiger partial charge in [-0.3, -0.25) is 0 Å². The molecule has 19 heavy (non-hydrogen) atoms. The van der Waals surface area contributed by atoms with Gasteiger partial charge in [0, 0.05) is 12.5 Å². The number of oxazole rings is 1. The van der Waals surface area contributed by atoms with Crippen molar-refractivity contribution in [2.45, 2.75) is 19.4 Å². The zero-order valence-electron chi connectivity index (χ0n) is 11.0. The minimum atomic E-state index is -0.119. The summed E-state index contributed by atoms with van der Waals surface area (Å²) in [6, 6.07) is 8.08. The van der Waals surface area contributed by atoms with Crippen molar-refractivity contribution in [1.82, 2.24) is 10.3 Å². The lowest BCUT2D eigenvalue weighted by Crippen LogP contribution is -2.21. The third kappa shape index (κ3) is 2.79. The highest BCUT2D eigenvalue weighted by Gasteiger charge is 2.31. The molecule has 1 fully saturated rings. The van der Waals surface area contributed by atoms with E-state index < -0.39 is 0 Å². The molecule has 0 saturated carbocycles. The highest BCUT2D eigenvalue weighted by Crippen LogP contribution is 2.31. The first kappa shape index (κ1) is 12.2. The third-order valence-corrected chi connectivity index (χ3v) is 3.47. The molecular formula is C15H18N2O2. The average Bonchev–Trinajstić information content (AvgIpc) is 3.10. The quantitative estimate of drug-likeness (QED) is 0.916. The van der Waals surface area contributed by atoms with Crippen molar-refractivity contribution >= 4 is 0 Å².